The molecule has 23 heavy (non-hydrogen) atoms. The lowest BCUT2D eigenvalue weighted by Crippen LogP contribution is -2.22. The van der Waals surface area contributed by atoms with Gasteiger partial charge in [-0.15, -0.1) is 0 Å². The first kappa shape index (κ1) is 14.1. The van der Waals surface area contributed by atoms with Gasteiger partial charge in [-0.1, -0.05) is 6.07 Å². The molecular formula is C18H20N4O. The molecule has 118 valence electrons. The van der Waals surface area contributed by atoms with Gasteiger partial charge in [0.15, 0.2) is 0 Å². The maximum atomic E-state index is 5.37. The van der Waals surface area contributed by atoms with Crippen LogP contribution in [0.3, 0.4) is 0 Å². The number of fused-ring (bicyclic) bond motifs is 2. The maximum absolute atomic E-state index is 5.37. The second-order valence-corrected chi connectivity index (χ2v) is 6.02. The summed E-state index contributed by atoms with van der Waals surface area (Å²) in [5.74, 6) is 2.55. The molecule has 3 aromatic rings. The van der Waals surface area contributed by atoms with E-state index in [4.69, 9.17) is 4.74 Å². The van der Waals surface area contributed by atoms with Gasteiger partial charge in [-0.3, -0.25) is 4.40 Å². The van der Waals surface area contributed by atoms with E-state index >= 15 is 0 Å². The lowest BCUT2D eigenvalue weighted by molar-refractivity contribution is 0.414. The Balaban J connectivity index is 1.56. The summed E-state index contributed by atoms with van der Waals surface area (Å²) >= 11 is 0. The van der Waals surface area contributed by atoms with Gasteiger partial charge < -0.3 is 10.1 Å². The third kappa shape index (κ3) is 2.86. The molecule has 0 bridgehead atoms. The minimum absolute atomic E-state index is 0.383. The van der Waals surface area contributed by atoms with Crippen LogP contribution in [-0.2, 0) is 12.8 Å². The number of nitrogens with zero attached hydrogens (tertiary/aromatic N) is 3. The molecule has 0 radical (unpaired) electrons. The molecule has 1 aliphatic carbocycles. The summed E-state index contributed by atoms with van der Waals surface area (Å²) in [5, 5.41) is 3.58. The van der Waals surface area contributed by atoms with Crippen molar-refractivity contribution in [3.63, 3.8) is 0 Å². The number of aromatic nitrogens is 3. The van der Waals surface area contributed by atoms with Gasteiger partial charge in [-0.25, -0.2) is 4.98 Å². The Morgan fingerprint density at radius 2 is 2.17 bits per heavy atom. The van der Waals surface area contributed by atoms with Crippen LogP contribution in [0.1, 0.15) is 24.0 Å². The highest BCUT2D eigenvalue weighted by atomic mass is 16.5. The molecule has 0 saturated heterocycles. The number of rotatable bonds is 3. The third-order valence-corrected chi connectivity index (χ3v) is 4.49. The van der Waals surface area contributed by atoms with Crippen LogP contribution in [0.25, 0.3) is 5.78 Å². The van der Waals surface area contributed by atoms with Crippen molar-refractivity contribution in [3.05, 3.63) is 54.0 Å². The normalized spacial score (nSPS) is 17.5. The average Bonchev–Trinajstić information content (AvgIpc) is 2.94. The molecule has 0 amide bonds. The van der Waals surface area contributed by atoms with Crippen LogP contribution >= 0.6 is 0 Å². The zero-order chi connectivity index (χ0) is 15.6. The monoisotopic (exact) mass is 308 g/mol. The van der Waals surface area contributed by atoms with Crippen molar-refractivity contribution >= 4 is 11.6 Å². The summed E-state index contributed by atoms with van der Waals surface area (Å²) in [7, 11) is 1.72. The van der Waals surface area contributed by atoms with Gasteiger partial charge >= 0.3 is 0 Å². The Bertz CT molecular complexity index is 827. The number of anilines is 1. The molecule has 1 aromatic carbocycles. The Morgan fingerprint density at radius 1 is 1.22 bits per heavy atom. The van der Waals surface area contributed by atoms with Crippen molar-refractivity contribution in [1.29, 1.82) is 0 Å². The molecule has 1 N–H and O–H groups in total. The summed E-state index contributed by atoms with van der Waals surface area (Å²) in [6, 6.07) is 8.81. The number of imidazole rings is 1. The van der Waals surface area contributed by atoms with Crippen LogP contribution < -0.4 is 10.1 Å². The van der Waals surface area contributed by atoms with Gasteiger partial charge in [-0.2, -0.15) is 4.98 Å². The molecular weight excluding hydrogens is 288 g/mol. The van der Waals surface area contributed by atoms with Gasteiger partial charge in [0, 0.05) is 24.6 Å². The number of benzene rings is 1. The van der Waals surface area contributed by atoms with Crippen molar-refractivity contribution < 1.29 is 4.74 Å². The van der Waals surface area contributed by atoms with E-state index in [1.165, 1.54) is 17.5 Å². The summed E-state index contributed by atoms with van der Waals surface area (Å²) in [6.45, 7) is 0. The summed E-state index contributed by atoms with van der Waals surface area (Å²) in [4.78, 5) is 8.81. The molecule has 4 rings (SSSR count). The first-order valence-electron chi connectivity index (χ1n) is 8.04. The van der Waals surface area contributed by atoms with Crippen molar-refractivity contribution in [2.75, 3.05) is 12.4 Å². The third-order valence-electron chi connectivity index (χ3n) is 4.49. The number of hydrogen-bond donors (Lipinski definition) is 1. The minimum atomic E-state index is 0.383. The molecule has 0 fully saturated rings. The van der Waals surface area contributed by atoms with E-state index in [0.29, 0.717) is 6.04 Å². The summed E-state index contributed by atoms with van der Waals surface area (Å²) < 4.78 is 7.29. The predicted molar refractivity (Wildman–Crippen MR) is 90.0 cm³/mol. The fourth-order valence-electron chi connectivity index (χ4n) is 3.29. The Morgan fingerprint density at radius 3 is 3.09 bits per heavy atom. The van der Waals surface area contributed by atoms with Gasteiger partial charge in [0.1, 0.15) is 11.6 Å². The summed E-state index contributed by atoms with van der Waals surface area (Å²) in [6.07, 6.45) is 10.1. The average molecular weight is 308 g/mol. The zero-order valence-electron chi connectivity index (χ0n) is 13.2. The van der Waals surface area contributed by atoms with E-state index in [2.05, 4.69) is 33.5 Å². The molecule has 1 aliphatic rings. The zero-order valence-corrected chi connectivity index (χ0v) is 13.2. The van der Waals surface area contributed by atoms with Crippen LogP contribution in [0.5, 0.6) is 5.75 Å². The molecule has 2 heterocycles. The standard InChI is InChI=1S/C18H20N4O/c1-23-16-6-5-13-3-2-4-15(11-14(13)12-16)20-17-7-9-22-10-8-19-18(22)21-17/h5-10,12,15H,2-4,11H2,1H3,(H,19,20,21). The van der Waals surface area contributed by atoms with Crippen LogP contribution in [0.15, 0.2) is 42.9 Å². The fourth-order valence-corrected chi connectivity index (χ4v) is 3.29. The second kappa shape index (κ2) is 5.91. The maximum Gasteiger partial charge on any atom is 0.235 e. The topological polar surface area (TPSA) is 51.5 Å². The number of nitrogens with one attached hydrogen (secondary N) is 1. The smallest absolute Gasteiger partial charge is 0.235 e. The number of hydrogen-bond acceptors (Lipinski definition) is 4. The SMILES string of the molecule is COc1ccc2c(c1)CC(Nc1ccn3ccnc3n1)CCC2. The van der Waals surface area contributed by atoms with Crippen LogP contribution in [0.2, 0.25) is 0 Å². The van der Waals surface area contributed by atoms with Crippen LogP contribution in [0, 0.1) is 0 Å². The van der Waals surface area contributed by atoms with E-state index in [1.54, 1.807) is 13.3 Å². The van der Waals surface area contributed by atoms with Gasteiger partial charge in [0.25, 0.3) is 0 Å². The highest BCUT2D eigenvalue weighted by molar-refractivity contribution is 5.44. The van der Waals surface area contributed by atoms with Gasteiger partial charge in [0.2, 0.25) is 5.78 Å². The first-order chi connectivity index (χ1) is 11.3. The quantitative estimate of drug-likeness (QED) is 0.755. The van der Waals surface area contributed by atoms with Gasteiger partial charge in [0.05, 0.1) is 7.11 Å². The van der Waals surface area contributed by atoms with E-state index < -0.39 is 0 Å². The molecule has 1 atom stereocenters. The Labute approximate surface area is 135 Å². The molecule has 2 aromatic heterocycles. The molecule has 0 spiro atoms. The minimum Gasteiger partial charge on any atom is -0.497 e. The molecule has 0 saturated carbocycles. The van der Waals surface area contributed by atoms with E-state index in [-0.39, 0.29) is 0 Å². The molecule has 5 nitrogen and oxygen atoms in total. The Hall–Kier alpha value is -2.56. The largest absolute Gasteiger partial charge is 0.497 e. The predicted octanol–water partition coefficient (Wildman–Crippen LogP) is 3.10. The van der Waals surface area contributed by atoms with Crippen LogP contribution in [-0.4, -0.2) is 27.5 Å². The highest BCUT2D eigenvalue weighted by Gasteiger charge is 2.17. The lowest BCUT2D eigenvalue weighted by atomic mass is 10.0. The lowest BCUT2D eigenvalue weighted by Gasteiger charge is -2.18. The fraction of sp³-hybridized carbons (Fsp3) is 0.333. The number of aryl methyl sites for hydroxylation is 1. The van der Waals surface area contributed by atoms with Crippen LogP contribution in [0.4, 0.5) is 5.82 Å². The molecule has 1 unspecified atom stereocenters. The van der Waals surface area contributed by atoms with Crippen molar-refractivity contribution in [2.45, 2.75) is 31.7 Å². The van der Waals surface area contributed by atoms with Crippen molar-refractivity contribution in [2.24, 2.45) is 0 Å². The first-order valence-corrected chi connectivity index (χ1v) is 8.04. The number of ether oxygens (including phenoxy) is 1. The van der Waals surface area contributed by atoms with Crippen molar-refractivity contribution in [3.8, 4) is 5.75 Å². The van der Waals surface area contributed by atoms with E-state index in [1.807, 2.05) is 22.9 Å². The van der Waals surface area contributed by atoms with E-state index in [9.17, 15) is 0 Å². The Kier molecular flexibility index (Phi) is 3.61. The van der Waals surface area contributed by atoms with Gasteiger partial charge in [-0.05, 0) is 55.0 Å². The molecule has 5 heteroatoms. The van der Waals surface area contributed by atoms with Crippen molar-refractivity contribution in [1.82, 2.24) is 14.4 Å². The highest BCUT2D eigenvalue weighted by Crippen LogP contribution is 2.26. The molecule has 0 aliphatic heterocycles. The summed E-state index contributed by atoms with van der Waals surface area (Å²) in [5.41, 5.74) is 2.81. The number of methoxy groups -OCH3 is 1. The van der Waals surface area contributed by atoms with E-state index in [0.717, 1.165) is 36.6 Å². The second-order valence-electron chi connectivity index (χ2n) is 6.02.